The van der Waals surface area contributed by atoms with E-state index in [1.165, 1.54) is 22.5 Å². The van der Waals surface area contributed by atoms with Crippen molar-refractivity contribution in [1.29, 1.82) is 0 Å². The molecule has 1 aliphatic rings. The Labute approximate surface area is 162 Å². The monoisotopic (exact) mass is 381 g/mol. The van der Waals surface area contributed by atoms with E-state index < -0.39 is 0 Å². The zero-order valence-electron chi connectivity index (χ0n) is 15.5. The van der Waals surface area contributed by atoms with Gasteiger partial charge in [-0.1, -0.05) is 12.1 Å². The number of aromatic nitrogens is 3. The van der Waals surface area contributed by atoms with Crippen LogP contribution >= 0.6 is 11.3 Å². The zero-order valence-corrected chi connectivity index (χ0v) is 16.3. The van der Waals surface area contributed by atoms with Crippen LogP contribution in [0, 0.1) is 13.8 Å². The van der Waals surface area contributed by atoms with Gasteiger partial charge in [-0.25, -0.2) is 4.98 Å². The van der Waals surface area contributed by atoms with Crippen LogP contribution in [-0.4, -0.2) is 33.8 Å². The van der Waals surface area contributed by atoms with Crippen molar-refractivity contribution in [2.24, 2.45) is 0 Å². The van der Waals surface area contributed by atoms with Crippen molar-refractivity contribution in [1.82, 2.24) is 20.1 Å². The van der Waals surface area contributed by atoms with Crippen molar-refractivity contribution < 1.29 is 4.79 Å². The van der Waals surface area contributed by atoms with Gasteiger partial charge in [-0.05, 0) is 56.5 Å². The number of thiazole rings is 1. The number of piperidine rings is 1. The Morgan fingerprint density at radius 3 is 2.96 bits per heavy atom. The molecule has 7 heteroatoms. The lowest BCUT2D eigenvalue weighted by molar-refractivity contribution is 0.102. The summed E-state index contributed by atoms with van der Waals surface area (Å²) in [5.74, 6) is -0.224. The number of hydrogen-bond donors (Lipinski definition) is 2. The van der Waals surface area contributed by atoms with Crippen LogP contribution in [0.1, 0.15) is 40.5 Å². The van der Waals surface area contributed by atoms with E-state index in [4.69, 9.17) is 0 Å². The number of carbonyl (C=O) groups is 1. The second-order valence-corrected chi connectivity index (χ2v) is 7.83. The van der Waals surface area contributed by atoms with Crippen molar-refractivity contribution >= 4 is 22.4 Å². The van der Waals surface area contributed by atoms with Crippen molar-refractivity contribution in [3.05, 3.63) is 52.7 Å². The lowest BCUT2D eigenvalue weighted by Gasteiger charge is -2.22. The Balaban J connectivity index is 1.45. The summed E-state index contributed by atoms with van der Waals surface area (Å²) in [7, 11) is 0. The summed E-state index contributed by atoms with van der Waals surface area (Å²) in [5.41, 5.74) is 4.84. The molecule has 1 fully saturated rings. The third-order valence-electron chi connectivity index (χ3n) is 5.01. The standard InChI is InChI=1S/C20H23N5OS/c1-13-5-6-15(10-14(13)2)18-12-27-20(22-18)23-19(26)17-7-9-25(24-17)16-4-3-8-21-11-16/h5-7,9-10,12,16,21H,3-4,8,11H2,1-2H3,(H,22,23,26). The highest BCUT2D eigenvalue weighted by atomic mass is 32.1. The van der Waals surface area contributed by atoms with Crippen molar-refractivity contribution in [3.63, 3.8) is 0 Å². The first-order valence-electron chi connectivity index (χ1n) is 9.20. The number of carbonyl (C=O) groups excluding carboxylic acids is 1. The summed E-state index contributed by atoms with van der Waals surface area (Å²) in [5, 5.41) is 13.2. The van der Waals surface area contributed by atoms with Gasteiger partial charge in [0.15, 0.2) is 10.8 Å². The van der Waals surface area contributed by atoms with Crippen molar-refractivity contribution in [2.75, 3.05) is 18.4 Å². The van der Waals surface area contributed by atoms with Gasteiger partial charge in [0, 0.05) is 23.7 Å². The van der Waals surface area contributed by atoms with Crippen LogP contribution in [0.2, 0.25) is 0 Å². The Kier molecular flexibility index (Phi) is 5.05. The molecule has 3 aromatic rings. The molecular weight excluding hydrogens is 358 g/mol. The van der Waals surface area contributed by atoms with Gasteiger partial charge in [0.05, 0.1) is 11.7 Å². The number of rotatable bonds is 4. The lowest BCUT2D eigenvalue weighted by Crippen LogP contribution is -2.32. The molecule has 1 unspecified atom stereocenters. The van der Waals surface area contributed by atoms with E-state index in [-0.39, 0.29) is 5.91 Å². The van der Waals surface area contributed by atoms with Gasteiger partial charge in [0.2, 0.25) is 0 Å². The fourth-order valence-corrected chi connectivity index (χ4v) is 3.96. The van der Waals surface area contributed by atoms with Crippen molar-refractivity contribution in [3.8, 4) is 11.3 Å². The van der Waals surface area contributed by atoms with E-state index in [1.54, 1.807) is 6.07 Å². The maximum absolute atomic E-state index is 12.5. The van der Waals surface area contributed by atoms with Gasteiger partial charge in [-0.3, -0.25) is 14.8 Å². The zero-order chi connectivity index (χ0) is 18.8. The maximum Gasteiger partial charge on any atom is 0.277 e. The predicted octanol–water partition coefficient (Wildman–Crippen LogP) is 3.80. The molecule has 0 aliphatic carbocycles. The summed E-state index contributed by atoms with van der Waals surface area (Å²) in [6.07, 6.45) is 4.10. The van der Waals surface area contributed by atoms with Crippen LogP contribution in [0.5, 0.6) is 0 Å². The van der Waals surface area contributed by atoms with E-state index in [0.717, 1.165) is 37.2 Å². The van der Waals surface area contributed by atoms with Gasteiger partial charge in [-0.2, -0.15) is 5.10 Å². The smallest absolute Gasteiger partial charge is 0.277 e. The normalized spacial score (nSPS) is 17.0. The summed E-state index contributed by atoms with van der Waals surface area (Å²) >= 11 is 1.42. The van der Waals surface area contributed by atoms with Crippen LogP contribution in [0.25, 0.3) is 11.3 Å². The molecule has 1 aliphatic heterocycles. The van der Waals surface area contributed by atoms with Crippen LogP contribution in [0.4, 0.5) is 5.13 Å². The van der Waals surface area contributed by atoms with Gasteiger partial charge in [-0.15, -0.1) is 11.3 Å². The van der Waals surface area contributed by atoms with Crippen molar-refractivity contribution in [2.45, 2.75) is 32.7 Å². The van der Waals surface area contributed by atoms with Crippen LogP contribution < -0.4 is 10.6 Å². The minimum atomic E-state index is -0.224. The van der Waals surface area contributed by atoms with Crippen LogP contribution in [0.3, 0.4) is 0 Å². The summed E-state index contributed by atoms with van der Waals surface area (Å²) < 4.78 is 1.89. The predicted molar refractivity (Wildman–Crippen MR) is 108 cm³/mol. The minimum absolute atomic E-state index is 0.224. The maximum atomic E-state index is 12.5. The second kappa shape index (κ2) is 7.62. The molecule has 0 saturated carbocycles. The summed E-state index contributed by atoms with van der Waals surface area (Å²) in [4.78, 5) is 17.1. The second-order valence-electron chi connectivity index (χ2n) is 6.97. The average Bonchev–Trinajstić information content (AvgIpc) is 3.34. The Bertz CT molecular complexity index is 955. The first kappa shape index (κ1) is 17.9. The molecule has 1 saturated heterocycles. The molecular formula is C20H23N5OS. The van der Waals surface area contributed by atoms with E-state index in [1.807, 2.05) is 16.3 Å². The molecule has 2 N–H and O–H groups in total. The number of aryl methyl sites for hydroxylation is 2. The molecule has 1 amide bonds. The first-order valence-corrected chi connectivity index (χ1v) is 10.1. The molecule has 0 radical (unpaired) electrons. The molecule has 27 heavy (non-hydrogen) atoms. The molecule has 0 bridgehead atoms. The van der Waals surface area contributed by atoms with E-state index >= 15 is 0 Å². The topological polar surface area (TPSA) is 71.8 Å². The number of benzene rings is 1. The number of amides is 1. The van der Waals surface area contributed by atoms with E-state index in [2.05, 4.69) is 52.8 Å². The van der Waals surface area contributed by atoms with Gasteiger partial charge in [0.1, 0.15) is 0 Å². The number of nitrogens with zero attached hydrogens (tertiary/aromatic N) is 3. The Morgan fingerprint density at radius 1 is 1.30 bits per heavy atom. The molecule has 1 atom stereocenters. The molecule has 140 valence electrons. The van der Waals surface area contributed by atoms with Gasteiger partial charge in [0.25, 0.3) is 5.91 Å². The highest BCUT2D eigenvalue weighted by Crippen LogP contribution is 2.26. The molecule has 3 heterocycles. The average molecular weight is 382 g/mol. The van der Waals surface area contributed by atoms with Gasteiger partial charge >= 0.3 is 0 Å². The molecule has 6 nitrogen and oxygen atoms in total. The van der Waals surface area contributed by atoms with Crippen LogP contribution in [0.15, 0.2) is 35.8 Å². The Morgan fingerprint density at radius 2 is 2.19 bits per heavy atom. The minimum Gasteiger partial charge on any atom is -0.315 e. The molecule has 0 spiro atoms. The number of anilines is 1. The summed E-state index contributed by atoms with van der Waals surface area (Å²) in [6, 6.07) is 8.35. The quantitative estimate of drug-likeness (QED) is 0.721. The molecule has 4 rings (SSSR count). The molecule has 1 aromatic carbocycles. The van der Waals surface area contributed by atoms with E-state index in [9.17, 15) is 4.79 Å². The highest BCUT2D eigenvalue weighted by Gasteiger charge is 2.18. The van der Waals surface area contributed by atoms with Gasteiger partial charge < -0.3 is 5.32 Å². The fourth-order valence-electron chi connectivity index (χ4n) is 3.25. The fraction of sp³-hybridized carbons (Fsp3) is 0.350. The SMILES string of the molecule is Cc1ccc(-c2csc(NC(=O)c3ccn(C4CCCNC4)n3)n2)cc1C. The third kappa shape index (κ3) is 3.94. The third-order valence-corrected chi connectivity index (χ3v) is 5.77. The summed E-state index contributed by atoms with van der Waals surface area (Å²) in [6.45, 7) is 6.13. The Hall–Kier alpha value is -2.51. The lowest BCUT2D eigenvalue weighted by atomic mass is 10.1. The molecule has 2 aromatic heterocycles. The number of nitrogens with one attached hydrogen (secondary N) is 2. The van der Waals surface area contributed by atoms with Crippen LogP contribution in [-0.2, 0) is 0 Å². The number of hydrogen-bond acceptors (Lipinski definition) is 5. The van der Waals surface area contributed by atoms with E-state index in [0.29, 0.717) is 16.9 Å². The largest absolute Gasteiger partial charge is 0.315 e. The highest BCUT2D eigenvalue weighted by molar-refractivity contribution is 7.14. The first-order chi connectivity index (χ1) is 13.1.